The van der Waals surface area contributed by atoms with Gasteiger partial charge in [0.1, 0.15) is 17.4 Å². The summed E-state index contributed by atoms with van der Waals surface area (Å²) in [7, 11) is 0. The Morgan fingerprint density at radius 2 is 2.12 bits per heavy atom. The third-order valence-corrected chi connectivity index (χ3v) is 2.99. The summed E-state index contributed by atoms with van der Waals surface area (Å²) in [6.45, 7) is 0. The van der Waals surface area contributed by atoms with Gasteiger partial charge in [-0.2, -0.15) is 5.26 Å². The van der Waals surface area contributed by atoms with E-state index in [1.807, 2.05) is 0 Å². The van der Waals surface area contributed by atoms with E-state index in [0.717, 1.165) is 0 Å². The molecule has 3 nitrogen and oxygen atoms in total. The molecule has 0 saturated heterocycles. The lowest BCUT2D eigenvalue weighted by atomic mass is 10.3. The number of halogens is 1. The van der Waals surface area contributed by atoms with Gasteiger partial charge in [-0.05, 0) is 24.3 Å². The summed E-state index contributed by atoms with van der Waals surface area (Å²) in [6, 6.07) is 9.39. The Labute approximate surface area is 101 Å². The first-order valence-electron chi connectivity index (χ1n) is 4.75. The van der Waals surface area contributed by atoms with Gasteiger partial charge in [0.15, 0.2) is 0 Å². The minimum absolute atomic E-state index is 0.0476. The van der Waals surface area contributed by atoms with Crippen molar-refractivity contribution in [2.75, 3.05) is 0 Å². The zero-order chi connectivity index (χ0) is 12.3. The Morgan fingerprint density at radius 1 is 1.29 bits per heavy atom. The minimum atomic E-state index is -0.420. The maximum absolute atomic E-state index is 13.0. The van der Waals surface area contributed by atoms with Crippen LogP contribution in [0.3, 0.4) is 0 Å². The van der Waals surface area contributed by atoms with Gasteiger partial charge < -0.3 is 4.98 Å². The van der Waals surface area contributed by atoms with Crippen molar-refractivity contribution in [3.8, 4) is 6.07 Å². The quantitative estimate of drug-likeness (QED) is 0.885. The molecular formula is C12H7FN2OS. The van der Waals surface area contributed by atoms with Crippen molar-refractivity contribution in [1.82, 2.24) is 4.98 Å². The van der Waals surface area contributed by atoms with E-state index in [-0.39, 0.29) is 11.4 Å². The van der Waals surface area contributed by atoms with Gasteiger partial charge in [-0.15, -0.1) is 0 Å². The minimum Gasteiger partial charge on any atom is -0.327 e. The maximum atomic E-state index is 13.0. The largest absolute Gasteiger partial charge is 0.327 e. The molecule has 0 saturated carbocycles. The van der Waals surface area contributed by atoms with Crippen molar-refractivity contribution >= 4 is 11.8 Å². The first kappa shape index (κ1) is 11.4. The molecule has 0 spiro atoms. The predicted octanol–water partition coefficient (Wildman–Crippen LogP) is 2.54. The summed E-state index contributed by atoms with van der Waals surface area (Å²) >= 11 is 1.28. The van der Waals surface area contributed by atoms with Crippen molar-refractivity contribution in [2.24, 2.45) is 0 Å². The molecule has 0 aliphatic heterocycles. The lowest BCUT2D eigenvalue weighted by molar-refractivity contribution is 0.624. The van der Waals surface area contributed by atoms with E-state index in [1.165, 1.54) is 36.2 Å². The van der Waals surface area contributed by atoms with Crippen LogP contribution in [-0.4, -0.2) is 4.98 Å². The van der Waals surface area contributed by atoms with Gasteiger partial charge >= 0.3 is 0 Å². The van der Waals surface area contributed by atoms with Crippen molar-refractivity contribution in [3.05, 3.63) is 58.3 Å². The second-order valence-corrected chi connectivity index (χ2v) is 4.40. The third-order valence-electron chi connectivity index (χ3n) is 2.03. The van der Waals surface area contributed by atoms with Crippen LogP contribution in [0, 0.1) is 17.1 Å². The molecule has 0 atom stereocenters. The number of nitrogens with one attached hydrogen (secondary N) is 1. The van der Waals surface area contributed by atoms with Gasteiger partial charge in [-0.3, -0.25) is 4.79 Å². The van der Waals surface area contributed by atoms with Crippen molar-refractivity contribution in [2.45, 2.75) is 9.79 Å². The van der Waals surface area contributed by atoms with Crippen LogP contribution in [-0.2, 0) is 0 Å². The third kappa shape index (κ3) is 2.74. The number of rotatable bonds is 2. The monoisotopic (exact) mass is 246 g/mol. The van der Waals surface area contributed by atoms with Crippen LogP contribution in [0.2, 0.25) is 0 Å². The Hall–Kier alpha value is -2.06. The topological polar surface area (TPSA) is 56.6 Å². The number of aromatic amines is 1. The number of H-pyrrole nitrogens is 1. The van der Waals surface area contributed by atoms with Gasteiger partial charge in [-0.1, -0.05) is 17.8 Å². The molecule has 2 rings (SSSR count). The number of hydrogen-bond donors (Lipinski definition) is 1. The van der Waals surface area contributed by atoms with Crippen LogP contribution >= 0.6 is 11.8 Å². The number of nitrogens with zero attached hydrogens (tertiary/aromatic N) is 1. The SMILES string of the molecule is N#Cc1cc(Sc2cccc(F)c2)c[nH]c1=O. The normalized spacial score (nSPS) is 9.88. The van der Waals surface area contributed by atoms with Crippen molar-refractivity contribution in [3.63, 3.8) is 0 Å². The maximum Gasteiger partial charge on any atom is 0.265 e. The van der Waals surface area contributed by atoms with E-state index in [4.69, 9.17) is 5.26 Å². The van der Waals surface area contributed by atoms with Crippen molar-refractivity contribution in [1.29, 1.82) is 5.26 Å². The highest BCUT2D eigenvalue weighted by molar-refractivity contribution is 7.99. The summed E-state index contributed by atoms with van der Waals surface area (Å²) in [5.74, 6) is -0.320. The molecular weight excluding hydrogens is 239 g/mol. The first-order valence-corrected chi connectivity index (χ1v) is 5.57. The van der Waals surface area contributed by atoms with E-state index in [1.54, 1.807) is 18.2 Å². The molecule has 0 aliphatic rings. The Balaban J connectivity index is 2.31. The number of benzene rings is 1. The second kappa shape index (κ2) is 4.85. The number of pyridine rings is 1. The number of nitriles is 1. The molecule has 1 N–H and O–H groups in total. The van der Waals surface area contributed by atoms with Crippen LogP contribution in [0.25, 0.3) is 0 Å². The smallest absolute Gasteiger partial charge is 0.265 e. The van der Waals surface area contributed by atoms with Crippen LogP contribution < -0.4 is 5.56 Å². The number of hydrogen-bond acceptors (Lipinski definition) is 3. The molecule has 0 fully saturated rings. The van der Waals surface area contributed by atoms with E-state index in [0.29, 0.717) is 9.79 Å². The molecule has 0 amide bonds. The van der Waals surface area contributed by atoms with Gasteiger partial charge in [0.25, 0.3) is 5.56 Å². The Bertz CT molecular complexity index is 645. The average Bonchev–Trinajstić information content (AvgIpc) is 2.32. The number of aromatic nitrogens is 1. The fourth-order valence-electron chi connectivity index (χ4n) is 1.27. The predicted molar refractivity (Wildman–Crippen MR) is 62.3 cm³/mol. The Kier molecular flexibility index (Phi) is 3.26. The molecule has 1 aromatic heterocycles. The second-order valence-electron chi connectivity index (χ2n) is 3.25. The van der Waals surface area contributed by atoms with Gasteiger partial charge in [0, 0.05) is 16.0 Å². The molecule has 0 radical (unpaired) electrons. The molecule has 2 aromatic rings. The molecule has 0 bridgehead atoms. The molecule has 5 heteroatoms. The molecule has 17 heavy (non-hydrogen) atoms. The highest BCUT2D eigenvalue weighted by Crippen LogP contribution is 2.27. The van der Waals surface area contributed by atoms with Gasteiger partial charge in [-0.25, -0.2) is 4.39 Å². The van der Waals surface area contributed by atoms with Crippen LogP contribution in [0.5, 0.6) is 0 Å². The van der Waals surface area contributed by atoms with E-state index in [9.17, 15) is 9.18 Å². The average molecular weight is 246 g/mol. The molecule has 1 aromatic carbocycles. The van der Waals surface area contributed by atoms with E-state index in [2.05, 4.69) is 4.98 Å². The van der Waals surface area contributed by atoms with E-state index < -0.39 is 5.56 Å². The molecule has 1 heterocycles. The Morgan fingerprint density at radius 3 is 2.82 bits per heavy atom. The zero-order valence-electron chi connectivity index (χ0n) is 8.61. The molecule has 84 valence electrons. The highest BCUT2D eigenvalue weighted by Gasteiger charge is 2.03. The summed E-state index contributed by atoms with van der Waals surface area (Å²) in [5.41, 5.74) is -0.373. The lowest BCUT2D eigenvalue weighted by Gasteiger charge is -2.01. The summed E-state index contributed by atoms with van der Waals surface area (Å²) in [4.78, 5) is 15.0. The summed E-state index contributed by atoms with van der Waals surface area (Å²) < 4.78 is 13.0. The molecule has 0 unspecified atom stereocenters. The fraction of sp³-hybridized carbons (Fsp3) is 0. The zero-order valence-corrected chi connectivity index (χ0v) is 9.42. The highest BCUT2D eigenvalue weighted by atomic mass is 32.2. The summed E-state index contributed by atoms with van der Waals surface area (Å²) in [6.07, 6.45) is 1.50. The van der Waals surface area contributed by atoms with Crippen LogP contribution in [0.4, 0.5) is 4.39 Å². The first-order chi connectivity index (χ1) is 8.19. The van der Waals surface area contributed by atoms with Gasteiger partial charge in [0.05, 0.1) is 0 Å². The van der Waals surface area contributed by atoms with Crippen LogP contribution in [0.1, 0.15) is 5.56 Å². The molecule has 0 aliphatic carbocycles. The fourth-order valence-corrected chi connectivity index (χ4v) is 2.16. The lowest BCUT2D eigenvalue weighted by Crippen LogP contribution is -2.08. The van der Waals surface area contributed by atoms with Gasteiger partial charge in [0.2, 0.25) is 0 Å². The standard InChI is InChI=1S/C12H7FN2OS/c13-9-2-1-3-10(5-9)17-11-4-8(6-14)12(16)15-7-11/h1-5,7H,(H,15,16). The van der Waals surface area contributed by atoms with Crippen LogP contribution in [0.15, 0.2) is 51.1 Å². The van der Waals surface area contributed by atoms with E-state index >= 15 is 0 Å². The van der Waals surface area contributed by atoms with Crippen molar-refractivity contribution < 1.29 is 4.39 Å². The summed E-state index contributed by atoms with van der Waals surface area (Å²) in [5, 5.41) is 8.71.